The first-order valence-electron chi connectivity index (χ1n) is 8.65. The minimum absolute atomic E-state index is 0.510. The number of hydrogen-bond acceptors (Lipinski definition) is 4. The van der Waals surface area contributed by atoms with E-state index in [-0.39, 0.29) is 0 Å². The Morgan fingerprint density at radius 3 is 2.83 bits per heavy atom. The highest BCUT2D eigenvalue weighted by Crippen LogP contribution is 2.22. The maximum Gasteiger partial charge on any atom is 0.147 e. The monoisotopic (exact) mass is 324 g/mol. The van der Waals surface area contributed by atoms with Crippen molar-refractivity contribution in [1.82, 2.24) is 29.0 Å². The van der Waals surface area contributed by atoms with Crippen LogP contribution < -0.4 is 0 Å². The van der Waals surface area contributed by atoms with Gasteiger partial charge in [0.25, 0.3) is 0 Å². The predicted octanol–water partition coefficient (Wildman–Crippen LogP) is 2.52. The number of imidazole rings is 1. The predicted molar refractivity (Wildman–Crippen MR) is 92.9 cm³/mol. The van der Waals surface area contributed by atoms with E-state index in [1.54, 1.807) is 0 Å². The van der Waals surface area contributed by atoms with E-state index in [1.165, 1.54) is 18.4 Å². The Balaban J connectivity index is 1.52. The summed E-state index contributed by atoms with van der Waals surface area (Å²) in [6.45, 7) is 9.04. The second kappa shape index (κ2) is 6.02. The summed E-state index contributed by atoms with van der Waals surface area (Å²) in [4.78, 5) is 11.8. The second-order valence-electron chi connectivity index (χ2n) is 6.81. The van der Waals surface area contributed by atoms with Crippen LogP contribution in [0.15, 0.2) is 24.5 Å². The van der Waals surface area contributed by atoms with Gasteiger partial charge in [-0.25, -0.2) is 14.6 Å². The molecule has 1 aliphatic rings. The molecule has 1 saturated heterocycles. The SMILES string of the molecule is Cc1nc(C)n(C[C@@H]2CCCN2Cc2cn3cccc(C)c3n2)n1. The first kappa shape index (κ1) is 15.3. The molecule has 1 atom stereocenters. The number of pyridine rings is 1. The molecular formula is C18H24N6. The molecule has 0 aromatic carbocycles. The molecule has 4 rings (SSSR count). The summed E-state index contributed by atoms with van der Waals surface area (Å²) < 4.78 is 4.17. The Hall–Kier alpha value is -2.21. The lowest BCUT2D eigenvalue weighted by Gasteiger charge is -2.23. The molecule has 3 aromatic heterocycles. The van der Waals surface area contributed by atoms with Crippen molar-refractivity contribution in [3.05, 3.63) is 47.4 Å². The van der Waals surface area contributed by atoms with Crippen LogP contribution in [0.5, 0.6) is 0 Å². The quantitative estimate of drug-likeness (QED) is 0.740. The Kier molecular flexibility index (Phi) is 3.84. The summed E-state index contributed by atoms with van der Waals surface area (Å²) in [5, 5.41) is 4.52. The van der Waals surface area contributed by atoms with Crippen LogP contribution in [-0.2, 0) is 13.1 Å². The van der Waals surface area contributed by atoms with Gasteiger partial charge in [0, 0.05) is 25.0 Å². The van der Waals surface area contributed by atoms with Crippen molar-refractivity contribution in [2.24, 2.45) is 0 Å². The summed E-state index contributed by atoms with van der Waals surface area (Å²) in [6, 6.07) is 4.69. The standard InChI is InChI=1S/C18H24N6/c1-13-6-4-9-23-11-16(20-18(13)23)10-22-8-5-7-17(22)12-24-15(3)19-14(2)21-24/h4,6,9,11,17H,5,7-8,10,12H2,1-3H3/t17-/m0/s1. The minimum Gasteiger partial charge on any atom is -0.307 e. The van der Waals surface area contributed by atoms with Crippen LogP contribution in [0.1, 0.15) is 35.7 Å². The largest absolute Gasteiger partial charge is 0.307 e. The van der Waals surface area contributed by atoms with Crippen LogP contribution in [0.4, 0.5) is 0 Å². The molecule has 0 amide bonds. The Labute approximate surface area is 142 Å². The molecule has 1 aliphatic heterocycles. The van der Waals surface area contributed by atoms with E-state index in [1.807, 2.05) is 18.5 Å². The molecule has 0 bridgehead atoms. The van der Waals surface area contributed by atoms with E-state index in [0.717, 1.165) is 42.6 Å². The molecular weight excluding hydrogens is 300 g/mol. The maximum absolute atomic E-state index is 4.83. The van der Waals surface area contributed by atoms with Gasteiger partial charge >= 0.3 is 0 Å². The van der Waals surface area contributed by atoms with Gasteiger partial charge in [0.15, 0.2) is 0 Å². The number of hydrogen-bond donors (Lipinski definition) is 0. The summed E-state index contributed by atoms with van der Waals surface area (Å²) in [5.41, 5.74) is 3.42. The molecule has 0 saturated carbocycles. The van der Waals surface area contributed by atoms with Crippen LogP contribution in [0, 0.1) is 20.8 Å². The lowest BCUT2D eigenvalue weighted by molar-refractivity contribution is 0.216. The fraction of sp³-hybridized carbons (Fsp3) is 0.500. The van der Waals surface area contributed by atoms with Gasteiger partial charge in [0.1, 0.15) is 17.3 Å². The van der Waals surface area contributed by atoms with Gasteiger partial charge in [0.05, 0.1) is 12.2 Å². The maximum atomic E-state index is 4.83. The highest BCUT2D eigenvalue weighted by molar-refractivity contribution is 5.47. The van der Waals surface area contributed by atoms with Crippen LogP contribution in [0.3, 0.4) is 0 Å². The van der Waals surface area contributed by atoms with Crippen LogP contribution in [-0.4, -0.2) is 41.6 Å². The number of likely N-dealkylation sites (tertiary alicyclic amines) is 1. The van der Waals surface area contributed by atoms with E-state index >= 15 is 0 Å². The molecule has 0 N–H and O–H groups in total. The lowest BCUT2D eigenvalue weighted by Crippen LogP contribution is -2.33. The normalized spacial score (nSPS) is 18.7. The highest BCUT2D eigenvalue weighted by atomic mass is 15.4. The Morgan fingerprint density at radius 1 is 1.21 bits per heavy atom. The molecule has 0 spiro atoms. The molecule has 0 aliphatic carbocycles. The minimum atomic E-state index is 0.510. The Morgan fingerprint density at radius 2 is 2.08 bits per heavy atom. The highest BCUT2D eigenvalue weighted by Gasteiger charge is 2.26. The molecule has 6 nitrogen and oxygen atoms in total. The van der Waals surface area contributed by atoms with Gasteiger partial charge in [-0.2, -0.15) is 5.10 Å². The number of nitrogens with zero attached hydrogens (tertiary/aromatic N) is 6. The number of rotatable bonds is 4. The van der Waals surface area contributed by atoms with Crippen LogP contribution in [0.2, 0.25) is 0 Å². The first-order chi connectivity index (χ1) is 11.6. The third-order valence-electron chi connectivity index (χ3n) is 4.94. The van der Waals surface area contributed by atoms with Gasteiger partial charge in [0.2, 0.25) is 0 Å². The zero-order valence-corrected chi connectivity index (χ0v) is 14.6. The molecule has 4 heterocycles. The van der Waals surface area contributed by atoms with Crippen LogP contribution >= 0.6 is 0 Å². The summed E-state index contributed by atoms with van der Waals surface area (Å²) in [5.74, 6) is 1.86. The third-order valence-corrected chi connectivity index (χ3v) is 4.94. The van der Waals surface area contributed by atoms with Gasteiger partial charge in [-0.05, 0) is 51.8 Å². The molecule has 6 heteroatoms. The molecule has 3 aromatic rings. The van der Waals surface area contributed by atoms with E-state index in [4.69, 9.17) is 4.98 Å². The summed E-state index contributed by atoms with van der Waals surface area (Å²) in [6.07, 6.45) is 6.68. The smallest absolute Gasteiger partial charge is 0.147 e. The fourth-order valence-corrected chi connectivity index (χ4v) is 3.73. The molecule has 0 radical (unpaired) electrons. The Bertz CT molecular complexity index is 862. The second-order valence-corrected chi connectivity index (χ2v) is 6.81. The van der Waals surface area contributed by atoms with Crippen molar-refractivity contribution >= 4 is 5.65 Å². The van der Waals surface area contributed by atoms with Gasteiger partial charge in [-0.1, -0.05) is 6.07 Å². The molecule has 126 valence electrons. The molecule has 0 unspecified atom stereocenters. The van der Waals surface area contributed by atoms with E-state index in [0.29, 0.717) is 6.04 Å². The summed E-state index contributed by atoms with van der Waals surface area (Å²) >= 11 is 0. The summed E-state index contributed by atoms with van der Waals surface area (Å²) in [7, 11) is 0. The zero-order chi connectivity index (χ0) is 16.7. The number of aryl methyl sites for hydroxylation is 3. The van der Waals surface area contributed by atoms with Crippen molar-refractivity contribution in [2.45, 2.75) is 52.7 Å². The molecule has 1 fully saturated rings. The fourth-order valence-electron chi connectivity index (χ4n) is 3.73. The van der Waals surface area contributed by atoms with E-state index in [9.17, 15) is 0 Å². The molecule has 24 heavy (non-hydrogen) atoms. The number of aromatic nitrogens is 5. The van der Waals surface area contributed by atoms with Crippen molar-refractivity contribution in [3.8, 4) is 0 Å². The number of fused-ring (bicyclic) bond motifs is 1. The van der Waals surface area contributed by atoms with Crippen molar-refractivity contribution in [2.75, 3.05) is 6.54 Å². The van der Waals surface area contributed by atoms with E-state index < -0.39 is 0 Å². The van der Waals surface area contributed by atoms with Crippen molar-refractivity contribution < 1.29 is 0 Å². The van der Waals surface area contributed by atoms with Crippen molar-refractivity contribution in [3.63, 3.8) is 0 Å². The average molecular weight is 324 g/mol. The average Bonchev–Trinajstić information content (AvgIpc) is 3.21. The zero-order valence-electron chi connectivity index (χ0n) is 14.6. The lowest BCUT2D eigenvalue weighted by atomic mass is 10.2. The van der Waals surface area contributed by atoms with Gasteiger partial charge in [-0.15, -0.1) is 0 Å². The van der Waals surface area contributed by atoms with Gasteiger partial charge < -0.3 is 4.40 Å². The van der Waals surface area contributed by atoms with E-state index in [2.05, 4.69) is 50.8 Å². The van der Waals surface area contributed by atoms with Crippen LogP contribution in [0.25, 0.3) is 5.65 Å². The third kappa shape index (κ3) is 2.82. The van der Waals surface area contributed by atoms with Crippen molar-refractivity contribution in [1.29, 1.82) is 0 Å². The van der Waals surface area contributed by atoms with Gasteiger partial charge in [-0.3, -0.25) is 4.90 Å². The first-order valence-corrected chi connectivity index (χ1v) is 8.65. The topological polar surface area (TPSA) is 51.2 Å².